The van der Waals surface area contributed by atoms with Crippen LogP contribution < -0.4 is 11.5 Å². The van der Waals surface area contributed by atoms with Crippen LogP contribution in [0, 0.1) is 0 Å². The van der Waals surface area contributed by atoms with Crippen molar-refractivity contribution in [3.05, 3.63) is 35.9 Å². The summed E-state index contributed by atoms with van der Waals surface area (Å²) in [6.07, 6.45) is -0.403. The van der Waals surface area contributed by atoms with Gasteiger partial charge in [0, 0.05) is 0 Å². The Hall–Kier alpha value is -1.72. The molecule has 0 aliphatic carbocycles. The second-order valence-electron chi connectivity index (χ2n) is 3.50. The van der Waals surface area contributed by atoms with E-state index in [1.165, 1.54) is 0 Å². The predicted octanol–water partition coefficient (Wildman–Crippen LogP) is 0.0575. The van der Waals surface area contributed by atoms with Gasteiger partial charge >= 0.3 is 5.97 Å². The zero-order valence-corrected chi connectivity index (χ0v) is 8.67. The molecule has 86 valence electrons. The molecular formula is C11H14N2O3. The molecule has 2 atom stereocenters. The van der Waals surface area contributed by atoms with Gasteiger partial charge in [-0.15, -0.1) is 0 Å². The molecule has 5 nitrogen and oxygen atoms in total. The maximum atomic E-state index is 11.7. The summed E-state index contributed by atoms with van der Waals surface area (Å²) in [5.41, 5.74) is 11.8. The SMILES string of the molecule is NC(CC(=O)O)C(=O)C(N)c1ccccc1. The number of hydrogen-bond donors (Lipinski definition) is 3. The zero-order chi connectivity index (χ0) is 12.1. The summed E-state index contributed by atoms with van der Waals surface area (Å²) in [4.78, 5) is 22.1. The summed E-state index contributed by atoms with van der Waals surface area (Å²) in [5.74, 6) is -1.57. The number of carboxylic acids is 1. The number of carbonyl (C=O) groups excluding carboxylic acids is 1. The van der Waals surface area contributed by atoms with E-state index in [0.717, 1.165) is 0 Å². The first kappa shape index (κ1) is 12.4. The van der Waals surface area contributed by atoms with E-state index >= 15 is 0 Å². The highest BCUT2D eigenvalue weighted by atomic mass is 16.4. The van der Waals surface area contributed by atoms with Crippen molar-refractivity contribution in [3.63, 3.8) is 0 Å². The van der Waals surface area contributed by atoms with Gasteiger partial charge in [-0.3, -0.25) is 9.59 Å². The highest BCUT2D eigenvalue weighted by Gasteiger charge is 2.24. The Morgan fingerprint density at radius 3 is 2.25 bits per heavy atom. The molecule has 0 aliphatic heterocycles. The Morgan fingerprint density at radius 1 is 1.19 bits per heavy atom. The Balaban J connectivity index is 2.71. The first-order valence-electron chi connectivity index (χ1n) is 4.84. The van der Waals surface area contributed by atoms with Gasteiger partial charge in [-0.05, 0) is 5.56 Å². The van der Waals surface area contributed by atoms with Gasteiger partial charge in [0.15, 0.2) is 5.78 Å². The van der Waals surface area contributed by atoms with E-state index in [-0.39, 0.29) is 0 Å². The summed E-state index contributed by atoms with van der Waals surface area (Å²) in [5, 5.41) is 8.51. The molecule has 0 bridgehead atoms. The normalized spacial score (nSPS) is 14.1. The van der Waals surface area contributed by atoms with E-state index < -0.39 is 30.3 Å². The summed E-state index contributed by atoms with van der Waals surface area (Å²) >= 11 is 0. The van der Waals surface area contributed by atoms with Crippen molar-refractivity contribution in [1.82, 2.24) is 0 Å². The van der Waals surface area contributed by atoms with Crippen molar-refractivity contribution in [2.45, 2.75) is 18.5 Å². The van der Waals surface area contributed by atoms with Crippen LogP contribution in [0.5, 0.6) is 0 Å². The quantitative estimate of drug-likeness (QED) is 0.653. The zero-order valence-electron chi connectivity index (χ0n) is 8.67. The number of hydrogen-bond acceptors (Lipinski definition) is 4. The second-order valence-corrected chi connectivity index (χ2v) is 3.50. The topological polar surface area (TPSA) is 106 Å². The lowest BCUT2D eigenvalue weighted by Gasteiger charge is -2.14. The summed E-state index contributed by atoms with van der Waals surface area (Å²) in [6.45, 7) is 0. The molecule has 5 heteroatoms. The fourth-order valence-electron chi connectivity index (χ4n) is 1.34. The van der Waals surface area contributed by atoms with Crippen LogP contribution in [-0.4, -0.2) is 22.9 Å². The molecule has 0 spiro atoms. The van der Waals surface area contributed by atoms with E-state index in [4.69, 9.17) is 16.6 Å². The molecule has 0 radical (unpaired) electrons. The molecule has 1 aromatic carbocycles. The van der Waals surface area contributed by atoms with Crippen LogP contribution in [0.1, 0.15) is 18.0 Å². The molecule has 0 fully saturated rings. The number of rotatable bonds is 5. The van der Waals surface area contributed by atoms with E-state index in [9.17, 15) is 9.59 Å². The van der Waals surface area contributed by atoms with Crippen LogP contribution >= 0.6 is 0 Å². The first-order valence-corrected chi connectivity index (χ1v) is 4.84. The second kappa shape index (κ2) is 5.39. The highest BCUT2D eigenvalue weighted by molar-refractivity contribution is 5.92. The summed E-state index contributed by atoms with van der Waals surface area (Å²) in [7, 11) is 0. The first-order chi connectivity index (χ1) is 7.52. The number of benzene rings is 1. The third-order valence-electron chi connectivity index (χ3n) is 2.23. The minimum absolute atomic E-state index is 0.403. The van der Waals surface area contributed by atoms with Crippen molar-refractivity contribution in [1.29, 1.82) is 0 Å². The third-order valence-corrected chi connectivity index (χ3v) is 2.23. The molecule has 0 saturated carbocycles. The predicted molar refractivity (Wildman–Crippen MR) is 58.6 cm³/mol. The average Bonchev–Trinajstić information content (AvgIpc) is 2.27. The molecule has 1 aromatic rings. The molecular weight excluding hydrogens is 208 g/mol. The van der Waals surface area contributed by atoms with Crippen LogP contribution in [0.25, 0.3) is 0 Å². The monoisotopic (exact) mass is 222 g/mol. The van der Waals surface area contributed by atoms with Crippen molar-refractivity contribution in [2.75, 3.05) is 0 Å². The van der Waals surface area contributed by atoms with Crippen LogP contribution in [0.15, 0.2) is 30.3 Å². The van der Waals surface area contributed by atoms with Crippen molar-refractivity contribution in [3.8, 4) is 0 Å². The number of carboxylic acid groups (broad SMARTS) is 1. The van der Waals surface area contributed by atoms with Gasteiger partial charge < -0.3 is 16.6 Å². The van der Waals surface area contributed by atoms with E-state index in [1.54, 1.807) is 30.3 Å². The highest BCUT2D eigenvalue weighted by Crippen LogP contribution is 2.12. The molecule has 0 heterocycles. The van der Waals surface area contributed by atoms with Gasteiger partial charge in [0.1, 0.15) is 0 Å². The maximum absolute atomic E-state index is 11.7. The van der Waals surface area contributed by atoms with Gasteiger partial charge in [-0.25, -0.2) is 0 Å². The van der Waals surface area contributed by atoms with E-state index in [1.807, 2.05) is 0 Å². The Kier molecular flexibility index (Phi) is 4.16. The smallest absolute Gasteiger partial charge is 0.305 e. The van der Waals surface area contributed by atoms with Crippen LogP contribution in [0.2, 0.25) is 0 Å². The maximum Gasteiger partial charge on any atom is 0.305 e. The minimum atomic E-state index is -1.11. The third kappa shape index (κ3) is 3.15. The Morgan fingerprint density at radius 2 is 1.75 bits per heavy atom. The van der Waals surface area contributed by atoms with Crippen molar-refractivity contribution < 1.29 is 14.7 Å². The lowest BCUT2D eigenvalue weighted by molar-refractivity contribution is -0.139. The fraction of sp³-hybridized carbons (Fsp3) is 0.273. The fourth-order valence-corrected chi connectivity index (χ4v) is 1.34. The number of carbonyl (C=O) groups is 2. The molecule has 0 aromatic heterocycles. The summed E-state index contributed by atoms with van der Waals surface area (Å²) < 4.78 is 0. The standard InChI is InChI=1S/C11H14N2O3/c12-8(6-9(14)15)11(16)10(13)7-4-2-1-3-5-7/h1-5,8,10H,6,12-13H2,(H,14,15). The molecule has 0 saturated heterocycles. The van der Waals surface area contributed by atoms with Gasteiger partial charge in [0.05, 0.1) is 18.5 Å². The number of ketones is 1. The Labute approximate surface area is 93.1 Å². The van der Waals surface area contributed by atoms with Gasteiger partial charge in [-0.2, -0.15) is 0 Å². The van der Waals surface area contributed by atoms with Gasteiger partial charge in [0.2, 0.25) is 0 Å². The molecule has 0 aliphatic rings. The molecule has 2 unspecified atom stereocenters. The largest absolute Gasteiger partial charge is 0.481 e. The Bertz CT molecular complexity index is 378. The summed E-state index contributed by atoms with van der Waals surface area (Å²) in [6, 6.07) is 6.80. The number of aliphatic carboxylic acids is 1. The molecule has 16 heavy (non-hydrogen) atoms. The number of nitrogens with two attached hydrogens (primary N) is 2. The number of Topliss-reactive ketones (excluding diaryl/α,β-unsaturated/α-hetero) is 1. The van der Waals surface area contributed by atoms with Gasteiger partial charge in [0.25, 0.3) is 0 Å². The molecule has 1 rings (SSSR count). The van der Waals surface area contributed by atoms with Crippen molar-refractivity contribution >= 4 is 11.8 Å². The van der Waals surface area contributed by atoms with Crippen LogP contribution in [0.4, 0.5) is 0 Å². The lowest BCUT2D eigenvalue weighted by Crippen LogP contribution is -2.39. The van der Waals surface area contributed by atoms with E-state index in [2.05, 4.69) is 0 Å². The molecule has 0 amide bonds. The van der Waals surface area contributed by atoms with Crippen LogP contribution in [-0.2, 0) is 9.59 Å². The minimum Gasteiger partial charge on any atom is -0.481 e. The molecule has 5 N–H and O–H groups in total. The van der Waals surface area contributed by atoms with Gasteiger partial charge in [-0.1, -0.05) is 30.3 Å². The van der Waals surface area contributed by atoms with Crippen molar-refractivity contribution in [2.24, 2.45) is 11.5 Å². The lowest BCUT2D eigenvalue weighted by atomic mass is 9.97. The van der Waals surface area contributed by atoms with E-state index in [0.29, 0.717) is 5.56 Å². The van der Waals surface area contributed by atoms with Crippen LogP contribution in [0.3, 0.4) is 0 Å². The average molecular weight is 222 g/mol.